The zero-order valence-corrected chi connectivity index (χ0v) is 11.6. The number of aldehydes is 1. The highest BCUT2D eigenvalue weighted by Gasteiger charge is 2.56. The largest absolute Gasteiger partial charge is 0.522 e. The molecule has 0 aromatic heterocycles. The van der Waals surface area contributed by atoms with Gasteiger partial charge in [-0.2, -0.15) is 0 Å². The van der Waals surface area contributed by atoms with E-state index in [0.29, 0.717) is 19.1 Å². The van der Waals surface area contributed by atoms with Crippen molar-refractivity contribution in [2.45, 2.75) is 57.2 Å². The maximum absolute atomic E-state index is 12.3. The minimum absolute atomic E-state index is 0.0807. The van der Waals surface area contributed by atoms with Crippen LogP contribution >= 0.6 is 0 Å². The van der Waals surface area contributed by atoms with Crippen molar-refractivity contribution < 1.29 is 32.2 Å². The van der Waals surface area contributed by atoms with Crippen LogP contribution in [-0.4, -0.2) is 48.4 Å². The molecule has 2 aliphatic rings. The predicted molar refractivity (Wildman–Crippen MR) is 65.4 cm³/mol. The second-order valence-corrected chi connectivity index (χ2v) is 5.39. The van der Waals surface area contributed by atoms with Crippen LogP contribution in [0.5, 0.6) is 0 Å². The van der Waals surface area contributed by atoms with E-state index >= 15 is 0 Å². The molecule has 4 atom stereocenters. The van der Waals surface area contributed by atoms with Crippen LogP contribution in [0.15, 0.2) is 0 Å². The lowest BCUT2D eigenvalue weighted by Crippen LogP contribution is -2.51. The lowest BCUT2D eigenvalue weighted by molar-refractivity contribution is -0.348. The number of ether oxygens (including phenoxy) is 2. The van der Waals surface area contributed by atoms with Gasteiger partial charge in [-0.25, -0.2) is 4.79 Å². The molecular weight excluding hydrogens is 291 g/mol. The standard InChI is InChI=1S/C13H18F3NO4/c1-2-3-4-20-12(19)17-8-5-9(10(17)7-18)11(6-8)21-13(14,15)16/h7-11H,2-6H2,1H3/t8-,9-,10+,11+/m1/s1. The number of rotatable bonds is 5. The Hall–Kier alpha value is -1.31. The van der Waals surface area contributed by atoms with Crippen LogP contribution < -0.4 is 0 Å². The predicted octanol–water partition coefficient (Wildman–Crippen LogP) is 2.49. The van der Waals surface area contributed by atoms with E-state index in [4.69, 9.17) is 4.74 Å². The number of carbonyl (C=O) groups excluding carboxylic acids is 2. The smallest absolute Gasteiger partial charge is 0.449 e. The van der Waals surface area contributed by atoms with Gasteiger partial charge >= 0.3 is 12.5 Å². The molecule has 2 rings (SSSR count). The van der Waals surface area contributed by atoms with Crippen molar-refractivity contribution >= 4 is 12.4 Å². The average Bonchev–Trinajstić information content (AvgIpc) is 2.93. The third-order valence-corrected chi connectivity index (χ3v) is 4.04. The molecule has 1 heterocycles. The number of alkyl halides is 3. The van der Waals surface area contributed by atoms with Gasteiger partial charge in [0.05, 0.1) is 18.8 Å². The Bertz CT molecular complexity index is 401. The van der Waals surface area contributed by atoms with Crippen LogP contribution in [0.3, 0.4) is 0 Å². The Balaban J connectivity index is 1.99. The van der Waals surface area contributed by atoms with Crippen molar-refractivity contribution in [3.63, 3.8) is 0 Å². The van der Waals surface area contributed by atoms with E-state index in [-0.39, 0.29) is 13.0 Å². The number of amides is 1. The van der Waals surface area contributed by atoms with E-state index < -0.39 is 36.6 Å². The molecule has 0 unspecified atom stereocenters. The summed E-state index contributed by atoms with van der Waals surface area (Å²) in [6.45, 7) is 2.19. The molecule has 0 radical (unpaired) electrons. The summed E-state index contributed by atoms with van der Waals surface area (Å²) in [7, 11) is 0. The van der Waals surface area contributed by atoms with Gasteiger partial charge < -0.3 is 9.53 Å². The highest BCUT2D eigenvalue weighted by atomic mass is 19.4. The maximum Gasteiger partial charge on any atom is 0.522 e. The van der Waals surface area contributed by atoms with Crippen molar-refractivity contribution in [3.8, 4) is 0 Å². The van der Waals surface area contributed by atoms with Crippen molar-refractivity contribution in [3.05, 3.63) is 0 Å². The molecule has 5 nitrogen and oxygen atoms in total. The van der Waals surface area contributed by atoms with Gasteiger partial charge in [0.15, 0.2) is 0 Å². The molecule has 1 aliphatic heterocycles. The van der Waals surface area contributed by atoms with E-state index in [9.17, 15) is 22.8 Å². The number of fused-ring (bicyclic) bond motifs is 2. The molecule has 1 amide bonds. The van der Waals surface area contributed by atoms with Crippen LogP contribution in [0.2, 0.25) is 0 Å². The van der Waals surface area contributed by atoms with E-state index in [1.54, 1.807) is 0 Å². The van der Waals surface area contributed by atoms with E-state index in [0.717, 1.165) is 6.42 Å². The number of nitrogens with zero attached hydrogens (tertiary/aromatic N) is 1. The Kier molecular flexibility index (Phi) is 4.75. The Morgan fingerprint density at radius 3 is 2.67 bits per heavy atom. The second kappa shape index (κ2) is 6.21. The second-order valence-electron chi connectivity index (χ2n) is 5.39. The quantitative estimate of drug-likeness (QED) is 0.578. The van der Waals surface area contributed by atoms with Gasteiger partial charge in [0, 0.05) is 12.0 Å². The van der Waals surface area contributed by atoms with E-state index in [2.05, 4.69) is 4.74 Å². The maximum atomic E-state index is 12.3. The SMILES string of the molecule is CCCCOC(=O)N1[C@@H]2C[C@@H]([C@@H](OC(F)(F)F)C2)[C@@H]1C=O. The van der Waals surface area contributed by atoms with Crippen LogP contribution in [-0.2, 0) is 14.3 Å². The Labute approximate surface area is 120 Å². The molecule has 1 saturated carbocycles. The van der Waals surface area contributed by atoms with Crippen LogP contribution in [0.25, 0.3) is 0 Å². The molecule has 0 aromatic rings. The zero-order valence-electron chi connectivity index (χ0n) is 11.6. The molecule has 2 bridgehead atoms. The molecule has 0 spiro atoms. The third kappa shape index (κ3) is 3.48. The fourth-order valence-electron chi connectivity index (χ4n) is 3.16. The first kappa shape index (κ1) is 16.1. The van der Waals surface area contributed by atoms with Gasteiger partial charge in [0.2, 0.25) is 0 Å². The first-order valence-electron chi connectivity index (χ1n) is 7.02. The van der Waals surface area contributed by atoms with Crippen molar-refractivity contribution in [2.75, 3.05) is 6.61 Å². The van der Waals surface area contributed by atoms with Gasteiger partial charge in [-0.05, 0) is 19.3 Å². The summed E-state index contributed by atoms with van der Waals surface area (Å²) in [6, 6.07) is -1.32. The summed E-state index contributed by atoms with van der Waals surface area (Å²) in [5.41, 5.74) is 0. The summed E-state index contributed by atoms with van der Waals surface area (Å²) in [4.78, 5) is 24.4. The molecule has 1 saturated heterocycles. The summed E-state index contributed by atoms with van der Waals surface area (Å²) >= 11 is 0. The van der Waals surface area contributed by atoms with E-state index in [1.807, 2.05) is 6.92 Å². The number of carbonyl (C=O) groups is 2. The number of halogens is 3. The number of piperidine rings is 1. The molecule has 21 heavy (non-hydrogen) atoms. The highest BCUT2D eigenvalue weighted by molar-refractivity contribution is 5.75. The summed E-state index contributed by atoms with van der Waals surface area (Å²) in [5.74, 6) is -0.618. The van der Waals surface area contributed by atoms with Gasteiger partial charge in [-0.1, -0.05) is 13.3 Å². The van der Waals surface area contributed by atoms with E-state index in [1.165, 1.54) is 4.90 Å². The minimum Gasteiger partial charge on any atom is -0.449 e. The Morgan fingerprint density at radius 2 is 2.10 bits per heavy atom. The number of hydrogen-bond donors (Lipinski definition) is 0. The number of unbranched alkanes of at least 4 members (excludes halogenated alkanes) is 1. The lowest BCUT2D eigenvalue weighted by Gasteiger charge is -2.35. The lowest BCUT2D eigenvalue weighted by atomic mass is 9.97. The zero-order chi connectivity index (χ0) is 15.6. The first-order valence-corrected chi connectivity index (χ1v) is 7.02. The van der Waals surface area contributed by atoms with Gasteiger partial charge in [0.25, 0.3) is 0 Å². The van der Waals surface area contributed by atoms with Crippen LogP contribution in [0.1, 0.15) is 32.6 Å². The fourth-order valence-corrected chi connectivity index (χ4v) is 3.16. The van der Waals surface area contributed by atoms with Crippen LogP contribution in [0.4, 0.5) is 18.0 Å². The highest BCUT2D eigenvalue weighted by Crippen LogP contribution is 2.45. The van der Waals surface area contributed by atoms with Gasteiger partial charge in [-0.3, -0.25) is 9.64 Å². The molecular formula is C13H18F3NO4. The molecule has 8 heteroatoms. The normalized spacial score (nSPS) is 31.5. The molecule has 2 fully saturated rings. The number of likely N-dealkylation sites (tertiary alicyclic amines) is 1. The Morgan fingerprint density at radius 1 is 1.38 bits per heavy atom. The fraction of sp³-hybridized carbons (Fsp3) is 0.846. The molecule has 1 aliphatic carbocycles. The topological polar surface area (TPSA) is 55.8 Å². The summed E-state index contributed by atoms with van der Waals surface area (Å²) in [6.07, 6.45) is -3.92. The van der Waals surface area contributed by atoms with Crippen molar-refractivity contribution in [1.29, 1.82) is 0 Å². The number of hydrogen-bond acceptors (Lipinski definition) is 4. The monoisotopic (exact) mass is 309 g/mol. The minimum atomic E-state index is -4.73. The van der Waals surface area contributed by atoms with Crippen LogP contribution in [0, 0.1) is 5.92 Å². The van der Waals surface area contributed by atoms with Crippen molar-refractivity contribution in [2.24, 2.45) is 5.92 Å². The molecule has 120 valence electrons. The van der Waals surface area contributed by atoms with Gasteiger partial charge in [-0.15, -0.1) is 13.2 Å². The summed E-state index contributed by atoms with van der Waals surface area (Å²) in [5, 5.41) is 0. The molecule has 0 aromatic carbocycles. The van der Waals surface area contributed by atoms with Gasteiger partial charge in [0.1, 0.15) is 6.29 Å². The third-order valence-electron chi connectivity index (χ3n) is 4.04. The summed E-state index contributed by atoms with van der Waals surface area (Å²) < 4.78 is 46.0. The van der Waals surface area contributed by atoms with Crippen molar-refractivity contribution in [1.82, 2.24) is 4.90 Å². The molecule has 0 N–H and O–H groups in total. The first-order chi connectivity index (χ1) is 9.87. The average molecular weight is 309 g/mol.